The van der Waals surface area contributed by atoms with Crippen molar-refractivity contribution in [3.63, 3.8) is 0 Å². The van der Waals surface area contributed by atoms with E-state index in [1.165, 1.54) is 25.7 Å². The van der Waals surface area contributed by atoms with E-state index >= 15 is 0 Å². The zero-order chi connectivity index (χ0) is 20.2. The van der Waals surface area contributed by atoms with Crippen LogP contribution in [0.15, 0.2) is 25.2 Å². The van der Waals surface area contributed by atoms with E-state index in [9.17, 15) is 0 Å². The Labute approximate surface area is 166 Å². The van der Waals surface area contributed by atoms with Gasteiger partial charge in [-0.2, -0.15) is 5.10 Å². The third-order valence-electron chi connectivity index (χ3n) is 4.09. The first-order valence-corrected chi connectivity index (χ1v) is 9.79. The SMILES string of the molecule is C=C=C.CCCCCCN(B(C)NC)B(C)Nc1ncnn1C(C)(C)S. The van der Waals surface area contributed by atoms with E-state index in [0.29, 0.717) is 6.98 Å². The minimum absolute atomic E-state index is 0.151. The van der Waals surface area contributed by atoms with Crippen LogP contribution >= 0.6 is 12.6 Å². The second kappa shape index (κ2) is 13.1. The summed E-state index contributed by atoms with van der Waals surface area (Å²) in [5.74, 6) is 0.749. The van der Waals surface area contributed by atoms with Crippen LogP contribution in [0.2, 0.25) is 13.6 Å². The maximum absolute atomic E-state index is 4.59. The minimum Gasteiger partial charge on any atom is -0.384 e. The van der Waals surface area contributed by atoms with Crippen LogP contribution in [0.3, 0.4) is 0 Å². The number of nitrogens with one attached hydrogen (secondary N) is 2. The fourth-order valence-corrected chi connectivity index (χ4v) is 2.77. The molecule has 0 spiro atoms. The van der Waals surface area contributed by atoms with Crippen LogP contribution in [-0.4, -0.2) is 47.0 Å². The summed E-state index contributed by atoms with van der Waals surface area (Å²) in [5.41, 5.74) is 2.25. The molecule has 2 N–H and O–H groups in total. The molecule has 0 fully saturated rings. The molecule has 0 bridgehead atoms. The monoisotopic (exact) mass is 378 g/mol. The summed E-state index contributed by atoms with van der Waals surface area (Å²) in [7, 11) is 2.00. The minimum atomic E-state index is -0.390. The number of hydrogen-bond acceptors (Lipinski definition) is 6. The van der Waals surface area contributed by atoms with Crippen molar-refractivity contribution in [2.45, 2.75) is 65.0 Å². The van der Waals surface area contributed by atoms with Gasteiger partial charge in [0.25, 0.3) is 6.98 Å². The fourth-order valence-electron chi connectivity index (χ4n) is 2.62. The number of nitrogens with zero attached hydrogens (tertiary/aromatic N) is 4. The van der Waals surface area contributed by atoms with Crippen LogP contribution in [0.1, 0.15) is 46.5 Å². The van der Waals surface area contributed by atoms with Crippen LogP contribution in [0.4, 0.5) is 5.95 Å². The van der Waals surface area contributed by atoms with Crippen LogP contribution < -0.4 is 10.5 Å². The summed E-state index contributed by atoms with van der Waals surface area (Å²) in [6, 6.07) is 0. The lowest BCUT2D eigenvalue weighted by Crippen LogP contribution is -2.56. The Kier molecular flexibility index (Phi) is 12.5. The molecule has 0 saturated heterocycles. The van der Waals surface area contributed by atoms with Crippen molar-refractivity contribution in [2.75, 3.05) is 18.8 Å². The van der Waals surface area contributed by atoms with Gasteiger partial charge in [0.2, 0.25) is 5.95 Å². The summed E-state index contributed by atoms with van der Waals surface area (Å²) < 4.78 is 4.23. The number of hydrogen-bond donors (Lipinski definition) is 3. The molecule has 0 unspecified atom stereocenters. The second-order valence-corrected chi connectivity index (χ2v) is 7.92. The Balaban J connectivity index is 0.00000194. The maximum atomic E-state index is 4.59. The van der Waals surface area contributed by atoms with E-state index < -0.39 is 0 Å². The molecule has 1 heterocycles. The molecule has 0 aromatic carbocycles. The van der Waals surface area contributed by atoms with Crippen molar-refractivity contribution in [1.82, 2.24) is 24.7 Å². The van der Waals surface area contributed by atoms with Gasteiger partial charge in [-0.15, -0.1) is 18.4 Å². The molecule has 0 aliphatic heterocycles. The highest BCUT2D eigenvalue weighted by molar-refractivity contribution is 7.81. The zero-order valence-electron chi connectivity index (χ0n) is 17.4. The molecule has 26 heavy (non-hydrogen) atoms. The first-order valence-electron chi connectivity index (χ1n) is 9.34. The number of aromatic nitrogens is 3. The Morgan fingerprint density at radius 3 is 2.38 bits per heavy atom. The molecule has 0 amide bonds. The summed E-state index contributed by atoms with van der Waals surface area (Å²) in [5, 5.41) is 11.1. The predicted molar refractivity (Wildman–Crippen MR) is 120 cm³/mol. The average Bonchev–Trinajstić information content (AvgIpc) is 3.03. The molecule has 1 aromatic heterocycles. The molecular weight excluding hydrogens is 342 g/mol. The normalized spacial score (nSPS) is 10.8. The fraction of sp³-hybridized carbons (Fsp3) is 0.706. The Morgan fingerprint density at radius 1 is 1.27 bits per heavy atom. The standard InChI is InChI=1S/C14H32B2N6S.C3H4/c1-7-8-9-10-11-21(15(4)17-6)16(5)20-13-18-12-19-22(13)14(2,3)23;1-3-2/h12,17,23H,7-11H2,1-6H3,(H,18,19,20);1-2H2. The molecule has 0 atom stereocenters. The van der Waals surface area contributed by atoms with Gasteiger partial charge < -0.3 is 15.2 Å². The van der Waals surface area contributed by atoms with E-state index in [0.717, 1.165) is 12.5 Å². The average molecular weight is 378 g/mol. The van der Waals surface area contributed by atoms with E-state index in [1.54, 1.807) is 6.33 Å². The lowest BCUT2D eigenvalue weighted by molar-refractivity contribution is 0.488. The van der Waals surface area contributed by atoms with Crippen molar-refractivity contribution < 1.29 is 0 Å². The highest BCUT2D eigenvalue weighted by atomic mass is 32.1. The van der Waals surface area contributed by atoms with Gasteiger partial charge in [-0.1, -0.05) is 53.0 Å². The second-order valence-electron chi connectivity index (χ2n) is 6.82. The number of thiol groups is 1. The molecule has 9 heteroatoms. The van der Waals surface area contributed by atoms with Crippen molar-refractivity contribution in [1.29, 1.82) is 0 Å². The van der Waals surface area contributed by atoms with Gasteiger partial charge in [-0.25, -0.2) is 9.67 Å². The van der Waals surface area contributed by atoms with Crippen LogP contribution in [-0.2, 0) is 4.87 Å². The molecule has 1 rings (SSSR count). The summed E-state index contributed by atoms with van der Waals surface area (Å²) in [6.07, 6.45) is 6.61. The molecule has 1 aromatic rings. The molecule has 0 aliphatic carbocycles. The van der Waals surface area contributed by atoms with Gasteiger partial charge in [-0.05, 0) is 33.9 Å². The van der Waals surface area contributed by atoms with Gasteiger partial charge >= 0.3 is 6.98 Å². The summed E-state index contributed by atoms with van der Waals surface area (Å²) >= 11 is 4.59. The van der Waals surface area contributed by atoms with E-state index in [4.69, 9.17) is 0 Å². The van der Waals surface area contributed by atoms with Crippen LogP contribution in [0, 0.1) is 0 Å². The Hall–Kier alpha value is -1.14. The van der Waals surface area contributed by atoms with Crippen molar-refractivity contribution in [3.05, 3.63) is 25.2 Å². The number of unbranched alkanes of at least 4 members (excludes halogenated alkanes) is 3. The lowest BCUT2D eigenvalue weighted by Gasteiger charge is -2.31. The van der Waals surface area contributed by atoms with Crippen LogP contribution in [0.25, 0.3) is 0 Å². The molecule has 0 saturated carbocycles. The third kappa shape index (κ3) is 8.99. The third-order valence-corrected chi connectivity index (χ3v) is 4.28. The van der Waals surface area contributed by atoms with Gasteiger partial charge in [0.15, 0.2) is 0 Å². The van der Waals surface area contributed by atoms with Gasteiger partial charge in [0.05, 0.1) is 0 Å². The Bertz CT molecular complexity index is 526. The van der Waals surface area contributed by atoms with E-state index in [1.807, 2.05) is 25.6 Å². The van der Waals surface area contributed by atoms with E-state index in [2.05, 4.69) is 77.3 Å². The van der Waals surface area contributed by atoms with Gasteiger partial charge in [0, 0.05) is 0 Å². The van der Waals surface area contributed by atoms with Crippen molar-refractivity contribution in [3.8, 4) is 0 Å². The molecule has 0 radical (unpaired) electrons. The molecule has 0 aliphatic rings. The van der Waals surface area contributed by atoms with Crippen molar-refractivity contribution in [2.24, 2.45) is 0 Å². The molecule has 6 nitrogen and oxygen atoms in total. The molecule has 146 valence electrons. The first kappa shape index (κ1) is 24.9. The van der Waals surface area contributed by atoms with Crippen LogP contribution in [0.5, 0.6) is 0 Å². The molecular formula is C17H36B2N6S. The lowest BCUT2D eigenvalue weighted by atomic mass is 9.62. The van der Waals surface area contributed by atoms with E-state index in [-0.39, 0.29) is 11.9 Å². The predicted octanol–water partition coefficient (Wildman–Crippen LogP) is 3.61. The maximum Gasteiger partial charge on any atom is 0.329 e. The van der Waals surface area contributed by atoms with Gasteiger partial charge in [0.1, 0.15) is 11.2 Å². The van der Waals surface area contributed by atoms with Crippen molar-refractivity contribution >= 4 is 32.5 Å². The van der Waals surface area contributed by atoms with Gasteiger partial charge in [-0.3, -0.25) is 0 Å². The number of rotatable bonds is 11. The topological polar surface area (TPSA) is 58.0 Å². The highest BCUT2D eigenvalue weighted by Crippen LogP contribution is 2.22. The number of anilines is 1. The largest absolute Gasteiger partial charge is 0.384 e. The zero-order valence-corrected chi connectivity index (χ0v) is 18.3. The smallest absolute Gasteiger partial charge is 0.329 e. The first-order chi connectivity index (χ1) is 12.2. The highest BCUT2D eigenvalue weighted by Gasteiger charge is 2.28. The quantitative estimate of drug-likeness (QED) is 0.238. The summed E-state index contributed by atoms with van der Waals surface area (Å²) in [4.78, 5) is 3.95. The Morgan fingerprint density at radius 2 is 1.88 bits per heavy atom. The summed E-state index contributed by atoms with van der Waals surface area (Å²) in [6.45, 7) is 18.3.